The molecule has 2 N–H and O–H groups in total. The Morgan fingerprint density at radius 1 is 1.11 bits per heavy atom. The van der Waals surface area contributed by atoms with Gasteiger partial charge in [-0.3, -0.25) is 4.79 Å². The van der Waals surface area contributed by atoms with Crippen molar-refractivity contribution in [3.05, 3.63) is 12.2 Å². The van der Waals surface area contributed by atoms with Gasteiger partial charge in [-0.25, -0.2) is 0 Å². The molecule has 1 aliphatic carbocycles. The SMILES string of the molecule is O=C(O)CCCC=CC[C@@H]1[C@H](COC(=S)NC2CCCCC2)[C@@H]2CC[C@H]1O2. The highest BCUT2D eigenvalue weighted by Gasteiger charge is 2.48. The first kappa shape index (κ1) is 20.6. The molecule has 0 unspecified atom stereocenters. The van der Waals surface area contributed by atoms with E-state index in [9.17, 15) is 4.79 Å². The van der Waals surface area contributed by atoms with Gasteiger partial charge in [-0.1, -0.05) is 31.4 Å². The molecule has 3 rings (SSSR count). The highest BCUT2D eigenvalue weighted by molar-refractivity contribution is 7.80. The second-order valence-corrected chi connectivity index (χ2v) is 8.56. The van der Waals surface area contributed by atoms with Crippen LogP contribution in [0.3, 0.4) is 0 Å². The predicted octanol–water partition coefficient (Wildman–Crippen LogP) is 4.21. The van der Waals surface area contributed by atoms with E-state index in [0.29, 0.717) is 48.3 Å². The number of hydrogen-bond donors (Lipinski definition) is 2. The van der Waals surface area contributed by atoms with E-state index in [1.165, 1.54) is 32.1 Å². The van der Waals surface area contributed by atoms with Crippen molar-refractivity contribution in [2.45, 2.75) is 88.9 Å². The minimum Gasteiger partial charge on any atom is -0.481 e. The summed E-state index contributed by atoms with van der Waals surface area (Å²) in [7, 11) is 0. The molecule has 2 aliphatic heterocycles. The van der Waals surface area contributed by atoms with Crippen molar-refractivity contribution in [1.29, 1.82) is 0 Å². The van der Waals surface area contributed by atoms with E-state index in [4.69, 9.17) is 26.8 Å². The predicted molar refractivity (Wildman–Crippen MR) is 109 cm³/mol. The van der Waals surface area contributed by atoms with Gasteiger partial charge in [0, 0.05) is 18.4 Å². The van der Waals surface area contributed by atoms with Gasteiger partial charge in [-0.05, 0) is 63.1 Å². The van der Waals surface area contributed by atoms with Crippen molar-refractivity contribution in [2.75, 3.05) is 6.61 Å². The number of fused-ring (bicyclic) bond motifs is 2. The van der Waals surface area contributed by atoms with Crippen LogP contribution in [0, 0.1) is 11.8 Å². The number of carboxylic acids is 1. The Morgan fingerprint density at radius 2 is 1.85 bits per heavy atom. The standard InChI is InChI=1S/C21H33NO4S/c23-20(24)11-7-2-1-6-10-16-17(19-13-12-18(16)26-19)14-25-21(27)22-15-8-4-3-5-9-15/h1,6,15-19H,2-5,7-14H2,(H,22,27)(H,23,24)/t16-,17+,18-,19+/m1/s1. The molecule has 2 heterocycles. The van der Waals surface area contributed by atoms with Crippen LogP contribution < -0.4 is 5.32 Å². The lowest BCUT2D eigenvalue weighted by atomic mass is 9.78. The largest absolute Gasteiger partial charge is 0.481 e. The molecule has 2 saturated heterocycles. The van der Waals surface area contributed by atoms with E-state index < -0.39 is 5.97 Å². The fourth-order valence-electron chi connectivity index (χ4n) is 4.80. The average Bonchev–Trinajstić information content (AvgIpc) is 3.25. The maximum absolute atomic E-state index is 10.6. The van der Waals surface area contributed by atoms with Crippen LogP contribution in [0.25, 0.3) is 0 Å². The zero-order chi connectivity index (χ0) is 19.1. The number of allylic oxidation sites excluding steroid dienone is 2. The van der Waals surface area contributed by atoms with Crippen molar-refractivity contribution >= 4 is 23.4 Å². The number of carboxylic acid groups (broad SMARTS) is 1. The molecule has 0 aromatic heterocycles. The molecule has 0 amide bonds. The van der Waals surface area contributed by atoms with Crippen molar-refractivity contribution in [3.63, 3.8) is 0 Å². The van der Waals surface area contributed by atoms with Crippen LogP contribution in [-0.2, 0) is 14.3 Å². The minimum atomic E-state index is -0.722. The maximum Gasteiger partial charge on any atom is 0.303 e. The fraction of sp³-hybridized carbons (Fsp3) is 0.810. The third-order valence-corrected chi connectivity index (χ3v) is 6.50. The Bertz CT molecular complexity index is 532. The highest BCUT2D eigenvalue weighted by Crippen LogP contribution is 2.45. The van der Waals surface area contributed by atoms with E-state index in [2.05, 4.69) is 17.5 Å². The van der Waals surface area contributed by atoms with Crippen LogP contribution in [0.15, 0.2) is 12.2 Å². The summed E-state index contributed by atoms with van der Waals surface area (Å²) in [6.07, 6.45) is 16.2. The average molecular weight is 396 g/mol. The van der Waals surface area contributed by atoms with Crippen molar-refractivity contribution < 1.29 is 19.4 Å². The topological polar surface area (TPSA) is 67.8 Å². The number of unbranched alkanes of at least 4 members (excludes halogenated alkanes) is 1. The van der Waals surface area contributed by atoms with Gasteiger partial charge in [0.15, 0.2) is 0 Å². The molecule has 4 atom stereocenters. The van der Waals surface area contributed by atoms with Gasteiger partial charge in [0.05, 0.1) is 18.8 Å². The Morgan fingerprint density at radius 3 is 2.59 bits per heavy atom. The molecule has 27 heavy (non-hydrogen) atoms. The molecule has 6 heteroatoms. The van der Waals surface area contributed by atoms with Gasteiger partial charge in [0.25, 0.3) is 5.17 Å². The van der Waals surface area contributed by atoms with E-state index in [1.54, 1.807) is 0 Å². The Balaban J connectivity index is 1.40. The molecule has 152 valence electrons. The molecule has 0 aromatic rings. The second kappa shape index (κ2) is 10.4. The Hall–Kier alpha value is -1.14. The zero-order valence-corrected chi connectivity index (χ0v) is 16.9. The molecule has 5 nitrogen and oxygen atoms in total. The molecule has 1 saturated carbocycles. The number of hydrogen-bond acceptors (Lipinski definition) is 4. The van der Waals surface area contributed by atoms with E-state index in [1.807, 2.05) is 0 Å². The number of ether oxygens (including phenoxy) is 2. The summed E-state index contributed by atoms with van der Waals surface area (Å²) in [4.78, 5) is 10.6. The normalized spacial score (nSPS) is 30.7. The second-order valence-electron chi connectivity index (χ2n) is 8.19. The number of thiocarbonyl (C=S) groups is 1. The first-order valence-corrected chi connectivity index (χ1v) is 11.0. The lowest BCUT2D eigenvalue weighted by Gasteiger charge is -2.28. The van der Waals surface area contributed by atoms with Gasteiger partial charge >= 0.3 is 5.97 Å². The molecule has 3 aliphatic rings. The lowest BCUT2D eigenvalue weighted by Crippen LogP contribution is -2.38. The minimum absolute atomic E-state index is 0.240. The number of aliphatic carboxylic acids is 1. The number of nitrogens with one attached hydrogen (secondary N) is 1. The molecule has 3 fully saturated rings. The molecular formula is C21H33NO4S. The summed E-state index contributed by atoms with van der Waals surface area (Å²) < 4.78 is 12.1. The quantitative estimate of drug-likeness (QED) is 0.346. The summed E-state index contributed by atoms with van der Waals surface area (Å²) in [5.41, 5.74) is 0. The maximum atomic E-state index is 10.6. The first-order valence-electron chi connectivity index (χ1n) is 10.6. The summed E-state index contributed by atoms with van der Waals surface area (Å²) >= 11 is 5.41. The Labute approximate surface area is 167 Å². The van der Waals surface area contributed by atoms with Crippen molar-refractivity contribution in [1.82, 2.24) is 5.32 Å². The molecule has 0 aromatic carbocycles. The molecule has 0 spiro atoms. The van der Waals surface area contributed by atoms with Crippen LogP contribution in [0.1, 0.15) is 70.6 Å². The van der Waals surface area contributed by atoms with Gasteiger partial charge < -0.3 is 19.9 Å². The Kier molecular flexibility index (Phi) is 7.94. The lowest BCUT2D eigenvalue weighted by molar-refractivity contribution is -0.137. The molecule has 0 radical (unpaired) electrons. The molecular weight excluding hydrogens is 362 g/mol. The third-order valence-electron chi connectivity index (χ3n) is 6.26. The smallest absolute Gasteiger partial charge is 0.303 e. The van der Waals surface area contributed by atoms with Gasteiger partial charge in [-0.15, -0.1) is 0 Å². The van der Waals surface area contributed by atoms with Crippen molar-refractivity contribution in [2.24, 2.45) is 11.8 Å². The van der Waals surface area contributed by atoms with Gasteiger partial charge in [0.2, 0.25) is 0 Å². The zero-order valence-electron chi connectivity index (χ0n) is 16.1. The first-order chi connectivity index (χ1) is 13.1. The summed E-state index contributed by atoms with van der Waals surface area (Å²) in [6.45, 7) is 0.636. The van der Waals surface area contributed by atoms with E-state index in [0.717, 1.165) is 25.7 Å². The summed E-state index contributed by atoms with van der Waals surface area (Å²) in [6, 6.07) is 0.479. The molecule has 2 bridgehead atoms. The van der Waals surface area contributed by atoms with Crippen LogP contribution in [0.2, 0.25) is 0 Å². The van der Waals surface area contributed by atoms with Gasteiger partial charge in [-0.2, -0.15) is 0 Å². The van der Waals surface area contributed by atoms with E-state index in [-0.39, 0.29) is 6.42 Å². The summed E-state index contributed by atoms with van der Waals surface area (Å²) in [5, 5.41) is 12.6. The number of rotatable bonds is 9. The fourth-order valence-corrected chi connectivity index (χ4v) is 5.03. The highest BCUT2D eigenvalue weighted by atomic mass is 32.1. The van der Waals surface area contributed by atoms with E-state index >= 15 is 0 Å². The number of carbonyl (C=O) groups is 1. The van der Waals surface area contributed by atoms with Crippen LogP contribution in [0.5, 0.6) is 0 Å². The third kappa shape index (κ3) is 6.18. The summed E-state index contributed by atoms with van der Waals surface area (Å²) in [5.74, 6) is 0.162. The van der Waals surface area contributed by atoms with Gasteiger partial charge in [0.1, 0.15) is 0 Å². The van der Waals surface area contributed by atoms with Crippen LogP contribution in [-0.4, -0.2) is 41.1 Å². The van der Waals surface area contributed by atoms with Crippen molar-refractivity contribution in [3.8, 4) is 0 Å². The van der Waals surface area contributed by atoms with Crippen LogP contribution in [0.4, 0.5) is 0 Å². The monoisotopic (exact) mass is 395 g/mol. The van der Waals surface area contributed by atoms with Crippen LogP contribution >= 0.6 is 12.2 Å².